The number of rotatable bonds is 14. The van der Waals surface area contributed by atoms with E-state index < -0.39 is 5.97 Å². The Labute approximate surface area is 138 Å². The van der Waals surface area contributed by atoms with Crippen molar-refractivity contribution in [1.82, 2.24) is 0 Å². The number of aliphatic hydroxyl groups excluding tert-OH is 2. The van der Waals surface area contributed by atoms with Gasteiger partial charge in [0.2, 0.25) is 0 Å². The molecule has 0 atom stereocenters. The predicted octanol–water partition coefficient (Wildman–Crippen LogP) is 3.70. The Balaban J connectivity index is 3.64. The lowest BCUT2D eigenvalue weighted by atomic mass is 10.1. The molecule has 0 aliphatic carbocycles. The van der Waals surface area contributed by atoms with E-state index in [-0.39, 0.29) is 31.0 Å². The van der Waals surface area contributed by atoms with Crippen molar-refractivity contribution in [2.24, 2.45) is 0 Å². The molecule has 0 rings (SSSR count). The minimum absolute atomic E-state index is 0.0139. The summed E-state index contributed by atoms with van der Waals surface area (Å²) in [5, 5.41) is 26.5. The molecule has 0 aliphatic heterocycles. The van der Waals surface area contributed by atoms with Crippen LogP contribution < -0.4 is 0 Å². The van der Waals surface area contributed by atoms with Crippen molar-refractivity contribution in [2.75, 3.05) is 6.61 Å². The molecule has 3 N–H and O–H groups in total. The molecule has 0 saturated carbocycles. The normalized spacial score (nSPS) is 12.3. The Morgan fingerprint density at radius 3 is 2.22 bits per heavy atom. The van der Waals surface area contributed by atoms with Gasteiger partial charge in [0.1, 0.15) is 5.76 Å². The SMILES string of the molecule is O=C(O)CCCCCCCC=CCC(=O)C=C(O)C=CCCO. The molecule has 0 aromatic rings. The van der Waals surface area contributed by atoms with Gasteiger partial charge in [0.15, 0.2) is 5.78 Å². The highest BCUT2D eigenvalue weighted by Gasteiger charge is 1.97. The van der Waals surface area contributed by atoms with Gasteiger partial charge in [0.25, 0.3) is 0 Å². The number of hydrogen-bond acceptors (Lipinski definition) is 4. The third kappa shape index (κ3) is 16.3. The molecule has 130 valence electrons. The second kappa shape index (κ2) is 15.0. The summed E-state index contributed by atoms with van der Waals surface area (Å²) in [6.07, 6.45) is 14.6. The maximum Gasteiger partial charge on any atom is 0.303 e. The summed E-state index contributed by atoms with van der Waals surface area (Å²) < 4.78 is 0. The highest BCUT2D eigenvalue weighted by atomic mass is 16.4. The summed E-state index contributed by atoms with van der Waals surface area (Å²) in [5.41, 5.74) is 0. The minimum Gasteiger partial charge on any atom is -0.508 e. The third-order valence-corrected chi connectivity index (χ3v) is 3.14. The molecule has 5 nitrogen and oxygen atoms in total. The Kier molecular flexibility index (Phi) is 13.8. The number of unbranched alkanes of at least 4 members (excludes halogenated alkanes) is 5. The molecule has 0 bridgehead atoms. The molecule has 5 heteroatoms. The lowest BCUT2D eigenvalue weighted by Gasteiger charge is -1.98. The first-order chi connectivity index (χ1) is 11.1. The van der Waals surface area contributed by atoms with E-state index in [1.807, 2.05) is 6.08 Å². The molecule has 0 spiro atoms. The summed E-state index contributed by atoms with van der Waals surface area (Å²) in [7, 11) is 0. The maximum absolute atomic E-state index is 11.5. The number of carboxylic acid groups (broad SMARTS) is 1. The summed E-state index contributed by atoms with van der Waals surface area (Å²) in [4.78, 5) is 21.9. The highest BCUT2D eigenvalue weighted by molar-refractivity contribution is 5.91. The van der Waals surface area contributed by atoms with Gasteiger partial charge in [-0.2, -0.15) is 0 Å². The molecule has 0 aliphatic rings. The van der Waals surface area contributed by atoms with Crippen LogP contribution in [0.3, 0.4) is 0 Å². The summed E-state index contributed by atoms with van der Waals surface area (Å²) in [6.45, 7) is 0.0139. The fourth-order valence-electron chi connectivity index (χ4n) is 1.94. The first kappa shape index (κ1) is 21.1. The molecule has 0 unspecified atom stereocenters. The van der Waals surface area contributed by atoms with Crippen molar-refractivity contribution >= 4 is 11.8 Å². The number of carboxylic acids is 1. The molecule has 0 fully saturated rings. The lowest BCUT2D eigenvalue weighted by Crippen LogP contribution is -1.93. The summed E-state index contributed by atoms with van der Waals surface area (Å²) in [6, 6.07) is 0. The van der Waals surface area contributed by atoms with Gasteiger partial charge < -0.3 is 15.3 Å². The maximum atomic E-state index is 11.5. The molecule has 0 amide bonds. The summed E-state index contributed by atoms with van der Waals surface area (Å²) >= 11 is 0. The summed E-state index contributed by atoms with van der Waals surface area (Å²) in [5.74, 6) is -0.999. The van der Waals surface area contributed by atoms with Crippen molar-refractivity contribution < 1.29 is 24.9 Å². The fraction of sp³-hybridized carbons (Fsp3) is 0.556. The molecule has 0 saturated heterocycles. The van der Waals surface area contributed by atoms with Gasteiger partial charge in [-0.25, -0.2) is 0 Å². The smallest absolute Gasteiger partial charge is 0.303 e. The Bertz CT molecular complexity index is 421. The van der Waals surface area contributed by atoms with Crippen LogP contribution in [0.2, 0.25) is 0 Å². The molecule has 0 heterocycles. The van der Waals surface area contributed by atoms with Gasteiger partial charge in [-0.15, -0.1) is 0 Å². The zero-order valence-electron chi connectivity index (χ0n) is 13.6. The Hall–Kier alpha value is -1.88. The number of hydrogen-bond donors (Lipinski definition) is 3. The van der Waals surface area contributed by atoms with Crippen LogP contribution in [0.5, 0.6) is 0 Å². The predicted molar refractivity (Wildman–Crippen MR) is 90.3 cm³/mol. The molecule has 0 radical (unpaired) electrons. The zero-order chi connectivity index (χ0) is 17.3. The average molecular weight is 324 g/mol. The molecule has 0 aromatic heterocycles. The van der Waals surface area contributed by atoms with E-state index in [0.717, 1.165) is 38.5 Å². The number of carbonyl (C=O) groups is 2. The number of aliphatic carboxylic acids is 1. The van der Waals surface area contributed by atoms with Gasteiger partial charge in [0, 0.05) is 25.5 Å². The van der Waals surface area contributed by atoms with Crippen molar-refractivity contribution in [2.45, 2.75) is 57.8 Å². The number of ketones is 1. The van der Waals surface area contributed by atoms with Crippen LogP contribution in [0.1, 0.15) is 57.8 Å². The van der Waals surface area contributed by atoms with Gasteiger partial charge in [-0.1, -0.05) is 37.5 Å². The molecule has 0 aromatic carbocycles. The first-order valence-corrected chi connectivity index (χ1v) is 8.14. The highest BCUT2D eigenvalue weighted by Crippen LogP contribution is 2.08. The van der Waals surface area contributed by atoms with Crippen LogP contribution >= 0.6 is 0 Å². The van der Waals surface area contributed by atoms with Gasteiger partial charge >= 0.3 is 5.97 Å². The second-order valence-corrected chi connectivity index (χ2v) is 5.33. The number of carbonyl (C=O) groups excluding carboxylic acids is 1. The van der Waals surface area contributed by atoms with E-state index in [4.69, 9.17) is 10.2 Å². The number of aliphatic hydroxyl groups is 2. The van der Waals surface area contributed by atoms with Crippen molar-refractivity contribution in [1.29, 1.82) is 0 Å². The molecular weight excluding hydrogens is 296 g/mol. The minimum atomic E-state index is -0.735. The molecular formula is C18H28O5. The van der Waals surface area contributed by atoms with E-state index in [0.29, 0.717) is 6.42 Å². The van der Waals surface area contributed by atoms with Crippen LogP contribution in [0.15, 0.2) is 36.1 Å². The number of allylic oxidation sites excluding steroid dienone is 4. The van der Waals surface area contributed by atoms with Gasteiger partial charge in [-0.3, -0.25) is 9.59 Å². The fourth-order valence-corrected chi connectivity index (χ4v) is 1.94. The van der Waals surface area contributed by atoms with Crippen LogP contribution in [0, 0.1) is 0 Å². The Morgan fingerprint density at radius 2 is 1.52 bits per heavy atom. The largest absolute Gasteiger partial charge is 0.508 e. The van der Waals surface area contributed by atoms with Crippen molar-refractivity contribution in [3.63, 3.8) is 0 Å². The quantitative estimate of drug-likeness (QED) is 0.149. The van der Waals surface area contributed by atoms with E-state index in [1.165, 1.54) is 12.2 Å². The van der Waals surface area contributed by atoms with Crippen LogP contribution in [0.4, 0.5) is 0 Å². The Morgan fingerprint density at radius 1 is 0.826 bits per heavy atom. The monoisotopic (exact) mass is 324 g/mol. The van der Waals surface area contributed by atoms with E-state index in [9.17, 15) is 14.7 Å². The third-order valence-electron chi connectivity index (χ3n) is 3.14. The van der Waals surface area contributed by atoms with Crippen LogP contribution in [0.25, 0.3) is 0 Å². The second-order valence-electron chi connectivity index (χ2n) is 5.33. The van der Waals surface area contributed by atoms with E-state index in [1.54, 1.807) is 12.2 Å². The van der Waals surface area contributed by atoms with Crippen molar-refractivity contribution in [3.05, 3.63) is 36.1 Å². The standard InChI is InChI=1S/C18H28O5/c19-14-10-9-12-17(21)15-16(20)11-7-5-3-1-2-4-6-8-13-18(22)23/h5,7,9,12,15,19,21H,1-4,6,8,10-11,13-14H2,(H,22,23). The first-order valence-electron chi connectivity index (χ1n) is 8.14. The van der Waals surface area contributed by atoms with Crippen LogP contribution in [-0.4, -0.2) is 33.7 Å². The van der Waals surface area contributed by atoms with Crippen molar-refractivity contribution in [3.8, 4) is 0 Å². The van der Waals surface area contributed by atoms with Gasteiger partial charge in [0.05, 0.1) is 0 Å². The molecule has 23 heavy (non-hydrogen) atoms. The van der Waals surface area contributed by atoms with E-state index in [2.05, 4.69) is 0 Å². The zero-order valence-corrected chi connectivity index (χ0v) is 13.6. The topological polar surface area (TPSA) is 94.8 Å². The van der Waals surface area contributed by atoms with Gasteiger partial charge in [-0.05, 0) is 31.8 Å². The lowest BCUT2D eigenvalue weighted by molar-refractivity contribution is -0.137. The van der Waals surface area contributed by atoms with Crippen LogP contribution in [-0.2, 0) is 9.59 Å². The average Bonchev–Trinajstić information content (AvgIpc) is 2.49. The van der Waals surface area contributed by atoms with E-state index >= 15 is 0 Å².